The van der Waals surface area contributed by atoms with Gasteiger partial charge in [0.1, 0.15) is 0 Å². The van der Waals surface area contributed by atoms with E-state index >= 15 is 0 Å². The lowest BCUT2D eigenvalue weighted by molar-refractivity contribution is -0.113. The fraction of sp³-hybridized carbons (Fsp3) is 0.308. The van der Waals surface area contributed by atoms with Crippen molar-refractivity contribution < 1.29 is 4.79 Å². The van der Waals surface area contributed by atoms with Gasteiger partial charge >= 0.3 is 0 Å². The van der Waals surface area contributed by atoms with E-state index in [2.05, 4.69) is 21.2 Å². The summed E-state index contributed by atoms with van der Waals surface area (Å²) in [6.07, 6.45) is 1.71. The Hall–Kier alpha value is -1.13. The molecule has 0 saturated carbocycles. The van der Waals surface area contributed by atoms with Gasteiger partial charge in [0.05, 0.1) is 5.33 Å². The van der Waals surface area contributed by atoms with Crippen LogP contribution in [0.5, 0.6) is 0 Å². The zero-order valence-corrected chi connectivity index (χ0v) is 11.4. The van der Waals surface area contributed by atoms with Gasteiger partial charge in [-0.15, -0.1) is 0 Å². The number of halogens is 1. The molecule has 3 nitrogen and oxygen atoms in total. The minimum Gasteiger partial charge on any atom is -0.386 e. The molecule has 0 aromatic heterocycles. The highest BCUT2D eigenvalue weighted by Gasteiger charge is 2.11. The molecule has 0 fully saturated rings. The Morgan fingerprint density at radius 1 is 1.47 bits per heavy atom. The number of nitrogens with two attached hydrogens (primary N) is 1. The predicted octanol–water partition coefficient (Wildman–Crippen LogP) is 1.97. The third-order valence-corrected chi connectivity index (χ3v) is 2.85. The van der Waals surface area contributed by atoms with Crippen LogP contribution < -0.4 is 11.1 Å². The number of carbonyl (C=O) groups is 1. The van der Waals surface area contributed by atoms with Gasteiger partial charge in [0.15, 0.2) is 5.78 Å². The van der Waals surface area contributed by atoms with Crippen molar-refractivity contribution in [3.8, 4) is 0 Å². The molecule has 0 aliphatic rings. The van der Waals surface area contributed by atoms with Crippen LogP contribution >= 0.6 is 15.9 Å². The second-order valence-electron chi connectivity index (χ2n) is 3.81. The lowest BCUT2D eigenvalue weighted by atomic mass is 10.1. The summed E-state index contributed by atoms with van der Waals surface area (Å²) in [4.78, 5) is 11.6. The minimum atomic E-state index is -0.261. The SMILES string of the molecule is CC(N)/C(=C\NCc1ccccc1)C(=O)CBr. The molecule has 1 aromatic carbocycles. The quantitative estimate of drug-likeness (QED) is 0.623. The Balaban J connectivity index is 2.59. The first-order chi connectivity index (χ1) is 8.15. The normalized spacial score (nSPS) is 13.2. The monoisotopic (exact) mass is 296 g/mol. The van der Waals surface area contributed by atoms with Crippen molar-refractivity contribution in [2.75, 3.05) is 5.33 Å². The van der Waals surface area contributed by atoms with Gasteiger partial charge in [-0.05, 0) is 12.5 Å². The maximum Gasteiger partial charge on any atom is 0.172 e. The van der Waals surface area contributed by atoms with Crippen LogP contribution in [0.4, 0.5) is 0 Å². The number of benzene rings is 1. The summed E-state index contributed by atoms with van der Waals surface area (Å²) >= 11 is 3.15. The van der Waals surface area contributed by atoms with Gasteiger partial charge in [-0.2, -0.15) is 0 Å². The zero-order chi connectivity index (χ0) is 12.7. The molecule has 0 amide bonds. The second-order valence-corrected chi connectivity index (χ2v) is 4.37. The maximum absolute atomic E-state index is 11.6. The van der Waals surface area contributed by atoms with E-state index in [1.54, 1.807) is 13.1 Å². The molecule has 0 aliphatic carbocycles. The number of carbonyl (C=O) groups excluding carboxylic acids is 1. The standard InChI is InChI=1S/C13H17BrN2O/c1-10(15)12(13(17)7-14)9-16-8-11-5-3-2-4-6-11/h2-6,9-10,16H,7-8,15H2,1H3/b12-9+. The highest BCUT2D eigenvalue weighted by Crippen LogP contribution is 2.04. The van der Waals surface area contributed by atoms with Crippen LogP contribution in [-0.4, -0.2) is 17.2 Å². The van der Waals surface area contributed by atoms with Crippen LogP contribution in [0, 0.1) is 0 Å². The van der Waals surface area contributed by atoms with Crippen LogP contribution in [0.15, 0.2) is 42.1 Å². The van der Waals surface area contributed by atoms with Gasteiger partial charge in [0.25, 0.3) is 0 Å². The molecular formula is C13H17BrN2O. The highest BCUT2D eigenvalue weighted by atomic mass is 79.9. The van der Waals surface area contributed by atoms with Crippen molar-refractivity contribution in [3.05, 3.63) is 47.7 Å². The van der Waals surface area contributed by atoms with Gasteiger partial charge in [-0.25, -0.2) is 0 Å². The zero-order valence-electron chi connectivity index (χ0n) is 9.82. The van der Waals surface area contributed by atoms with E-state index in [1.165, 1.54) is 5.56 Å². The van der Waals surface area contributed by atoms with Crippen LogP contribution in [0.25, 0.3) is 0 Å². The molecule has 0 aliphatic heterocycles. The number of nitrogens with one attached hydrogen (secondary N) is 1. The molecule has 1 atom stereocenters. The first-order valence-electron chi connectivity index (χ1n) is 5.47. The van der Waals surface area contributed by atoms with Crippen molar-refractivity contribution >= 4 is 21.7 Å². The molecule has 92 valence electrons. The number of hydrogen-bond acceptors (Lipinski definition) is 3. The first kappa shape index (κ1) is 13.9. The Morgan fingerprint density at radius 2 is 2.12 bits per heavy atom. The summed E-state index contributed by atoms with van der Waals surface area (Å²) in [5.41, 5.74) is 7.52. The molecule has 0 radical (unpaired) electrons. The minimum absolute atomic E-state index is 0.0144. The van der Waals surface area contributed by atoms with Crippen molar-refractivity contribution in [2.24, 2.45) is 5.73 Å². The van der Waals surface area contributed by atoms with E-state index in [4.69, 9.17) is 5.73 Å². The topological polar surface area (TPSA) is 55.1 Å². The van der Waals surface area contributed by atoms with Gasteiger partial charge in [-0.1, -0.05) is 46.3 Å². The molecule has 1 rings (SSSR count). The summed E-state index contributed by atoms with van der Waals surface area (Å²) in [7, 11) is 0. The Labute approximate surface area is 110 Å². The van der Waals surface area contributed by atoms with E-state index in [0.717, 1.165) is 0 Å². The van der Waals surface area contributed by atoms with Crippen molar-refractivity contribution in [1.82, 2.24) is 5.32 Å². The maximum atomic E-state index is 11.6. The number of rotatable bonds is 6. The average molecular weight is 297 g/mol. The molecule has 0 spiro atoms. The van der Waals surface area contributed by atoms with Crippen LogP contribution in [0.3, 0.4) is 0 Å². The van der Waals surface area contributed by atoms with E-state index < -0.39 is 0 Å². The van der Waals surface area contributed by atoms with E-state index in [1.807, 2.05) is 30.3 Å². The lowest BCUT2D eigenvalue weighted by Gasteiger charge is -2.10. The molecule has 0 bridgehead atoms. The number of ketones is 1. The van der Waals surface area contributed by atoms with E-state index in [0.29, 0.717) is 17.4 Å². The average Bonchev–Trinajstić information content (AvgIpc) is 2.34. The van der Waals surface area contributed by atoms with Gasteiger partial charge in [0.2, 0.25) is 0 Å². The van der Waals surface area contributed by atoms with Crippen molar-refractivity contribution in [3.63, 3.8) is 0 Å². The van der Waals surface area contributed by atoms with Crippen molar-refractivity contribution in [2.45, 2.75) is 19.5 Å². The Morgan fingerprint density at radius 3 is 2.65 bits per heavy atom. The van der Waals surface area contributed by atoms with Crippen molar-refractivity contribution in [1.29, 1.82) is 0 Å². The van der Waals surface area contributed by atoms with Gasteiger partial charge < -0.3 is 11.1 Å². The predicted molar refractivity (Wildman–Crippen MR) is 73.8 cm³/mol. The third-order valence-electron chi connectivity index (χ3n) is 2.34. The summed E-state index contributed by atoms with van der Waals surface area (Å²) in [5, 5.41) is 3.41. The van der Waals surface area contributed by atoms with Crippen LogP contribution in [0.2, 0.25) is 0 Å². The van der Waals surface area contributed by atoms with Gasteiger partial charge in [-0.3, -0.25) is 4.79 Å². The molecule has 4 heteroatoms. The molecular weight excluding hydrogens is 280 g/mol. The molecule has 1 unspecified atom stereocenters. The van der Waals surface area contributed by atoms with Crippen LogP contribution in [-0.2, 0) is 11.3 Å². The molecule has 0 saturated heterocycles. The molecule has 3 N–H and O–H groups in total. The fourth-order valence-corrected chi connectivity index (χ4v) is 1.74. The number of hydrogen-bond donors (Lipinski definition) is 2. The first-order valence-corrected chi connectivity index (χ1v) is 6.59. The highest BCUT2D eigenvalue weighted by molar-refractivity contribution is 9.09. The Bertz CT molecular complexity index is 388. The van der Waals surface area contributed by atoms with Gasteiger partial charge in [0, 0.05) is 24.4 Å². The summed E-state index contributed by atoms with van der Waals surface area (Å²) < 4.78 is 0. The number of alkyl halides is 1. The summed E-state index contributed by atoms with van der Waals surface area (Å²) in [5.74, 6) is 0.0144. The summed E-state index contributed by atoms with van der Waals surface area (Å²) in [6, 6.07) is 9.73. The molecule has 1 aromatic rings. The largest absolute Gasteiger partial charge is 0.386 e. The summed E-state index contributed by atoms with van der Waals surface area (Å²) in [6.45, 7) is 2.49. The molecule has 0 heterocycles. The van der Waals surface area contributed by atoms with Crippen LogP contribution in [0.1, 0.15) is 12.5 Å². The smallest absolute Gasteiger partial charge is 0.172 e. The van der Waals surface area contributed by atoms with E-state index in [-0.39, 0.29) is 11.8 Å². The lowest BCUT2D eigenvalue weighted by Crippen LogP contribution is -2.26. The third kappa shape index (κ3) is 4.71. The molecule has 17 heavy (non-hydrogen) atoms. The number of Topliss-reactive ketones (excluding diaryl/α,β-unsaturated/α-hetero) is 1. The van der Waals surface area contributed by atoms with E-state index in [9.17, 15) is 4.79 Å². The second kappa shape index (κ2) is 7.25. The Kier molecular flexibility index (Phi) is 5.94. The fourth-order valence-electron chi connectivity index (χ4n) is 1.42.